The van der Waals surface area contributed by atoms with Crippen LogP contribution < -0.4 is 5.32 Å². The number of piperazine rings is 1. The highest BCUT2D eigenvalue weighted by Gasteiger charge is 2.31. The number of aliphatic imine (C=N–C) groups is 1. The second-order valence-corrected chi connectivity index (χ2v) is 6.27. The van der Waals surface area contributed by atoms with Gasteiger partial charge < -0.3 is 25.0 Å². The zero-order valence-electron chi connectivity index (χ0n) is 14.4. The zero-order chi connectivity index (χ0) is 16.7. The van der Waals surface area contributed by atoms with Gasteiger partial charge in [0, 0.05) is 32.7 Å². The van der Waals surface area contributed by atoms with E-state index in [2.05, 4.69) is 15.2 Å². The van der Waals surface area contributed by atoms with E-state index < -0.39 is 5.60 Å². The van der Waals surface area contributed by atoms with Crippen molar-refractivity contribution in [2.45, 2.75) is 45.1 Å². The Morgan fingerprint density at radius 1 is 1.17 bits per heavy atom. The van der Waals surface area contributed by atoms with E-state index in [0.29, 0.717) is 26.2 Å². The van der Waals surface area contributed by atoms with Crippen molar-refractivity contribution in [3.05, 3.63) is 0 Å². The van der Waals surface area contributed by atoms with Crippen LogP contribution in [0.4, 0.5) is 4.79 Å². The normalized spacial score (nSPS) is 21.4. The van der Waals surface area contributed by atoms with Gasteiger partial charge in [0.05, 0.1) is 18.8 Å². The number of carbonyl (C=O) groups excluding carboxylic acids is 1. The summed E-state index contributed by atoms with van der Waals surface area (Å²) in [6.45, 7) is 8.21. The number of carbonyl (C=O) groups is 1. The summed E-state index contributed by atoms with van der Waals surface area (Å²) in [6, 6.07) is 0. The molecule has 0 aromatic heterocycles. The van der Waals surface area contributed by atoms with Gasteiger partial charge in [-0.05, 0) is 26.7 Å². The number of rotatable bonds is 4. The molecule has 2 fully saturated rings. The summed E-state index contributed by atoms with van der Waals surface area (Å²) in [6.07, 6.45) is 3.61. The molecule has 2 rings (SSSR count). The lowest BCUT2D eigenvalue weighted by Gasteiger charge is -2.36. The highest BCUT2D eigenvalue weighted by Crippen LogP contribution is 2.29. The lowest BCUT2D eigenvalue weighted by atomic mass is 10.0. The summed E-state index contributed by atoms with van der Waals surface area (Å²) in [5.74, 6) is 0.830. The highest BCUT2D eigenvalue weighted by atomic mass is 16.6. The molecular formula is C16H30N4O3. The molecule has 1 saturated heterocycles. The van der Waals surface area contributed by atoms with Crippen LogP contribution in [0, 0.1) is 0 Å². The first-order valence-corrected chi connectivity index (χ1v) is 8.75. The topological polar surface area (TPSA) is 77.4 Å². The second kappa shape index (κ2) is 8.38. The largest absolute Gasteiger partial charge is 0.450 e. The maximum Gasteiger partial charge on any atom is 0.409 e. The predicted molar refractivity (Wildman–Crippen MR) is 89.6 cm³/mol. The molecule has 0 aromatic carbocycles. The summed E-state index contributed by atoms with van der Waals surface area (Å²) < 4.78 is 5.04. The maximum absolute atomic E-state index is 11.7. The molecule has 132 valence electrons. The molecule has 23 heavy (non-hydrogen) atoms. The minimum atomic E-state index is -0.632. The van der Waals surface area contributed by atoms with Crippen molar-refractivity contribution >= 4 is 12.1 Å². The summed E-state index contributed by atoms with van der Waals surface area (Å²) >= 11 is 0. The SMILES string of the molecule is CCNC(=NCC1(O)CCCC1)N1CCN(C(=O)OCC)CC1. The van der Waals surface area contributed by atoms with Crippen LogP contribution in [0.15, 0.2) is 4.99 Å². The number of hydrogen-bond acceptors (Lipinski definition) is 4. The van der Waals surface area contributed by atoms with Crippen molar-refractivity contribution in [3.8, 4) is 0 Å². The van der Waals surface area contributed by atoms with Crippen molar-refractivity contribution in [3.63, 3.8) is 0 Å². The number of nitrogens with one attached hydrogen (secondary N) is 1. The number of amides is 1. The molecule has 0 atom stereocenters. The number of guanidine groups is 1. The average Bonchev–Trinajstić information content (AvgIpc) is 2.99. The molecule has 1 heterocycles. The van der Waals surface area contributed by atoms with Crippen molar-refractivity contribution in [2.24, 2.45) is 4.99 Å². The van der Waals surface area contributed by atoms with Crippen LogP contribution in [0.25, 0.3) is 0 Å². The van der Waals surface area contributed by atoms with E-state index in [-0.39, 0.29) is 6.09 Å². The third-order valence-corrected chi connectivity index (χ3v) is 4.50. The molecule has 0 bridgehead atoms. The Morgan fingerprint density at radius 3 is 2.35 bits per heavy atom. The highest BCUT2D eigenvalue weighted by molar-refractivity contribution is 5.80. The van der Waals surface area contributed by atoms with Crippen molar-refractivity contribution in [1.29, 1.82) is 0 Å². The average molecular weight is 326 g/mol. The van der Waals surface area contributed by atoms with E-state index in [9.17, 15) is 9.90 Å². The van der Waals surface area contributed by atoms with Crippen molar-refractivity contribution < 1.29 is 14.6 Å². The minimum absolute atomic E-state index is 0.241. The van der Waals surface area contributed by atoms with Crippen molar-refractivity contribution in [1.82, 2.24) is 15.1 Å². The first-order valence-electron chi connectivity index (χ1n) is 8.75. The van der Waals surface area contributed by atoms with Crippen LogP contribution in [-0.2, 0) is 4.74 Å². The molecule has 7 nitrogen and oxygen atoms in total. The molecule has 7 heteroatoms. The molecule has 0 spiro atoms. The molecule has 1 aliphatic carbocycles. The third kappa shape index (κ3) is 4.99. The Kier molecular flexibility index (Phi) is 6.50. The van der Waals surface area contributed by atoms with Gasteiger partial charge in [-0.15, -0.1) is 0 Å². The molecule has 1 saturated carbocycles. The monoisotopic (exact) mass is 326 g/mol. The van der Waals surface area contributed by atoms with Crippen LogP contribution in [-0.4, -0.2) is 78.4 Å². The van der Waals surface area contributed by atoms with Crippen molar-refractivity contribution in [2.75, 3.05) is 45.9 Å². The van der Waals surface area contributed by atoms with E-state index in [1.165, 1.54) is 0 Å². The lowest BCUT2D eigenvalue weighted by Crippen LogP contribution is -2.54. The summed E-state index contributed by atoms with van der Waals surface area (Å²) in [5, 5.41) is 13.8. The molecule has 0 aromatic rings. The van der Waals surface area contributed by atoms with Crippen LogP contribution in [0.3, 0.4) is 0 Å². The summed E-state index contributed by atoms with van der Waals surface area (Å²) in [7, 11) is 0. The Hall–Kier alpha value is -1.50. The van der Waals surface area contributed by atoms with Gasteiger partial charge in [-0.3, -0.25) is 4.99 Å². The van der Waals surface area contributed by atoms with Gasteiger partial charge >= 0.3 is 6.09 Å². The zero-order valence-corrected chi connectivity index (χ0v) is 14.4. The number of aliphatic hydroxyl groups is 1. The van der Waals surface area contributed by atoms with E-state index in [1.807, 2.05) is 13.8 Å². The molecule has 1 aliphatic heterocycles. The molecule has 2 N–H and O–H groups in total. The Labute approximate surface area is 138 Å². The van der Waals surface area contributed by atoms with E-state index in [4.69, 9.17) is 4.74 Å². The lowest BCUT2D eigenvalue weighted by molar-refractivity contribution is 0.0569. The molecule has 1 amide bonds. The van der Waals surface area contributed by atoms with Gasteiger partial charge in [-0.2, -0.15) is 0 Å². The van der Waals surface area contributed by atoms with Crippen LogP contribution >= 0.6 is 0 Å². The van der Waals surface area contributed by atoms with Crippen LogP contribution in [0.5, 0.6) is 0 Å². The molecule has 2 aliphatic rings. The maximum atomic E-state index is 11.7. The van der Waals surface area contributed by atoms with Gasteiger partial charge in [0.1, 0.15) is 0 Å². The minimum Gasteiger partial charge on any atom is -0.450 e. The standard InChI is InChI=1S/C16H30N4O3/c1-3-17-14(18-13-16(22)7-5-6-8-16)19-9-11-20(12-10-19)15(21)23-4-2/h22H,3-13H2,1-2H3,(H,17,18). The van der Waals surface area contributed by atoms with Gasteiger partial charge in [-0.1, -0.05) is 12.8 Å². The fraction of sp³-hybridized carbons (Fsp3) is 0.875. The first-order chi connectivity index (χ1) is 11.1. The quantitative estimate of drug-likeness (QED) is 0.596. The van der Waals surface area contributed by atoms with Crippen LogP contribution in [0.2, 0.25) is 0 Å². The Morgan fingerprint density at radius 2 is 1.78 bits per heavy atom. The van der Waals surface area contributed by atoms with Gasteiger partial charge in [0.25, 0.3) is 0 Å². The molecule has 0 radical (unpaired) electrons. The third-order valence-electron chi connectivity index (χ3n) is 4.50. The van der Waals surface area contributed by atoms with Gasteiger partial charge in [0.15, 0.2) is 5.96 Å². The molecular weight excluding hydrogens is 296 g/mol. The van der Waals surface area contributed by atoms with E-state index in [0.717, 1.165) is 51.3 Å². The number of ether oxygens (including phenoxy) is 1. The smallest absolute Gasteiger partial charge is 0.409 e. The second-order valence-electron chi connectivity index (χ2n) is 6.27. The first kappa shape index (κ1) is 17.8. The summed E-state index contributed by atoms with van der Waals surface area (Å²) in [4.78, 5) is 20.3. The predicted octanol–water partition coefficient (Wildman–Crippen LogP) is 1.03. The van der Waals surface area contributed by atoms with E-state index >= 15 is 0 Å². The van der Waals surface area contributed by atoms with E-state index in [1.54, 1.807) is 4.90 Å². The fourth-order valence-electron chi connectivity index (χ4n) is 3.15. The Bertz CT molecular complexity index is 414. The van der Waals surface area contributed by atoms with Gasteiger partial charge in [-0.25, -0.2) is 4.79 Å². The summed E-state index contributed by atoms with van der Waals surface area (Å²) in [5.41, 5.74) is -0.632. The van der Waals surface area contributed by atoms with Gasteiger partial charge in [0.2, 0.25) is 0 Å². The number of hydrogen-bond donors (Lipinski definition) is 2. The Balaban J connectivity index is 1.90. The number of nitrogens with zero attached hydrogens (tertiary/aromatic N) is 3. The molecule has 0 unspecified atom stereocenters. The fourth-order valence-corrected chi connectivity index (χ4v) is 3.15. The van der Waals surface area contributed by atoms with Crippen LogP contribution in [0.1, 0.15) is 39.5 Å².